The summed E-state index contributed by atoms with van der Waals surface area (Å²) in [5.41, 5.74) is 6.19. The fraction of sp³-hybridized carbons (Fsp3) is 0.727. The lowest BCUT2D eigenvalue weighted by atomic mass is 9.98. The molecule has 17 heteroatoms. The number of hydrogen-bond acceptors (Lipinski definition) is 12. The van der Waals surface area contributed by atoms with Gasteiger partial charge in [0, 0.05) is 23.1 Å². The quantitative estimate of drug-likeness (QED) is 0.101. The number of nitrogens with one attached hydrogen (secondary N) is 1. The highest BCUT2D eigenvalue weighted by atomic mass is 31.2. The maximum Gasteiger partial charge on any atom is 0.480 e. The van der Waals surface area contributed by atoms with Crippen molar-refractivity contribution in [3.63, 3.8) is 0 Å². The molecule has 0 bridgehead atoms. The predicted molar refractivity (Wildman–Crippen MR) is 134 cm³/mol. The van der Waals surface area contributed by atoms with Crippen molar-refractivity contribution in [1.82, 2.24) is 9.55 Å². The van der Waals surface area contributed by atoms with Crippen LogP contribution in [0.5, 0.6) is 0 Å². The van der Waals surface area contributed by atoms with Crippen LogP contribution in [-0.2, 0) is 41.9 Å². The normalized spacial score (nSPS) is 19.8. The van der Waals surface area contributed by atoms with Crippen molar-refractivity contribution in [3.05, 3.63) is 43.0 Å². The molecular weight excluding hydrogens is 541 g/mol. The molecule has 1 aliphatic rings. The number of phosphoric acid groups is 1. The molecule has 0 radical (unpaired) electrons. The van der Waals surface area contributed by atoms with E-state index in [0.717, 1.165) is 4.57 Å². The summed E-state index contributed by atoms with van der Waals surface area (Å²) in [6, 6.07) is -0.870. The van der Waals surface area contributed by atoms with Crippen molar-refractivity contribution in [1.29, 1.82) is 0 Å². The van der Waals surface area contributed by atoms with Gasteiger partial charge in [0.1, 0.15) is 6.23 Å². The average molecular weight is 576 g/mol. The van der Waals surface area contributed by atoms with Crippen LogP contribution in [0.1, 0.15) is 59.8 Å². The Morgan fingerprint density at radius 3 is 2.13 bits per heavy atom. The number of esters is 2. The molecule has 0 amide bonds. The Hall–Kier alpha value is -3.00. The molecule has 0 aliphatic carbocycles. The summed E-state index contributed by atoms with van der Waals surface area (Å²) in [5.74, 6) is -1.31. The molecule has 3 unspecified atom stereocenters. The SMILES string of the molecule is Cc1cn(C2CC(N=[N+]=[N-])C(COP(=O)(OCOC(=O)C(C)(C)C)OCOC(=O)C(C)(C)C)O2)c(=O)[nH]c1=O. The van der Waals surface area contributed by atoms with Gasteiger partial charge >= 0.3 is 25.5 Å². The summed E-state index contributed by atoms with van der Waals surface area (Å²) in [6.07, 6.45) is -0.646. The maximum absolute atomic E-state index is 13.3. The fourth-order valence-electron chi connectivity index (χ4n) is 3.02. The summed E-state index contributed by atoms with van der Waals surface area (Å²) in [5, 5.41) is 3.65. The second kappa shape index (κ2) is 12.9. The molecule has 1 fully saturated rings. The van der Waals surface area contributed by atoms with E-state index in [4.69, 9.17) is 33.3 Å². The van der Waals surface area contributed by atoms with Gasteiger partial charge in [0.15, 0.2) is 0 Å². The predicted octanol–water partition coefficient (Wildman–Crippen LogP) is 3.06. The van der Waals surface area contributed by atoms with Crippen LogP contribution in [0.3, 0.4) is 0 Å². The molecule has 1 saturated heterocycles. The van der Waals surface area contributed by atoms with E-state index in [2.05, 4.69) is 15.0 Å². The largest absolute Gasteiger partial charge is 0.480 e. The summed E-state index contributed by atoms with van der Waals surface area (Å²) in [4.78, 5) is 53.0. The van der Waals surface area contributed by atoms with Crippen molar-refractivity contribution in [2.45, 2.75) is 73.3 Å². The lowest BCUT2D eigenvalue weighted by Crippen LogP contribution is -2.33. The number of aromatic amines is 1. The lowest BCUT2D eigenvalue weighted by Gasteiger charge is -2.23. The summed E-state index contributed by atoms with van der Waals surface area (Å²) < 4.78 is 45.7. The number of rotatable bonds is 11. The smallest absolute Gasteiger partial charge is 0.437 e. The van der Waals surface area contributed by atoms with Crippen LogP contribution < -0.4 is 11.2 Å². The van der Waals surface area contributed by atoms with Crippen LogP contribution >= 0.6 is 7.82 Å². The standard InChI is InChI=1S/C22H34N5O11P/c1-13-9-27(20(31)24-17(13)28)16-8-14(25-26-23)15(38-16)10-35-39(32,36-11-33-18(29)21(2,3)4)37-12-34-19(30)22(5,6)7/h9,14-16H,8,10-12H2,1-7H3,(H,24,28,31). The zero-order valence-electron chi connectivity index (χ0n) is 22.9. The molecule has 16 nitrogen and oxygen atoms in total. The molecule has 1 aliphatic heterocycles. The van der Waals surface area contributed by atoms with E-state index >= 15 is 0 Å². The van der Waals surface area contributed by atoms with Gasteiger partial charge in [-0.15, -0.1) is 0 Å². The number of carbonyl (C=O) groups is 2. The maximum atomic E-state index is 13.3. The second-order valence-corrected chi connectivity index (χ2v) is 12.4. The zero-order chi connectivity index (χ0) is 29.6. The third kappa shape index (κ3) is 9.31. The van der Waals surface area contributed by atoms with Crippen molar-refractivity contribution >= 4 is 19.8 Å². The van der Waals surface area contributed by atoms with Crippen molar-refractivity contribution in [2.24, 2.45) is 15.9 Å². The molecule has 1 aromatic rings. The third-order valence-electron chi connectivity index (χ3n) is 5.28. The Morgan fingerprint density at radius 1 is 1.10 bits per heavy atom. The van der Waals surface area contributed by atoms with Gasteiger partial charge in [-0.05, 0) is 54.0 Å². The summed E-state index contributed by atoms with van der Waals surface area (Å²) in [7, 11) is -4.54. The first-order valence-corrected chi connectivity index (χ1v) is 13.3. The Bertz CT molecular complexity index is 1220. The molecule has 0 aromatic carbocycles. The average Bonchev–Trinajstić information content (AvgIpc) is 3.21. The van der Waals surface area contributed by atoms with E-state index in [1.165, 1.54) is 13.1 Å². The summed E-state index contributed by atoms with van der Waals surface area (Å²) >= 11 is 0. The number of nitrogens with zero attached hydrogens (tertiary/aromatic N) is 4. The Balaban J connectivity index is 2.16. The van der Waals surface area contributed by atoms with Gasteiger partial charge in [-0.1, -0.05) is 5.11 Å². The van der Waals surface area contributed by atoms with Crippen molar-refractivity contribution < 1.29 is 41.9 Å². The third-order valence-corrected chi connectivity index (χ3v) is 6.59. The van der Waals surface area contributed by atoms with E-state index in [1.54, 1.807) is 41.5 Å². The molecule has 0 spiro atoms. The van der Waals surface area contributed by atoms with E-state index < -0.39 is 80.4 Å². The molecule has 0 saturated carbocycles. The number of ether oxygens (including phenoxy) is 3. The molecule has 1 N–H and O–H groups in total. The molecular formula is C22H34N5O11P. The highest BCUT2D eigenvalue weighted by Crippen LogP contribution is 2.50. The number of phosphoric ester groups is 1. The van der Waals surface area contributed by atoms with Gasteiger partial charge in [0.05, 0.1) is 29.6 Å². The minimum Gasteiger partial charge on any atom is -0.437 e. The van der Waals surface area contributed by atoms with Crippen LogP contribution in [0.15, 0.2) is 20.9 Å². The van der Waals surface area contributed by atoms with E-state index in [9.17, 15) is 23.7 Å². The molecule has 2 heterocycles. The van der Waals surface area contributed by atoms with Gasteiger partial charge in [0.2, 0.25) is 13.6 Å². The second-order valence-electron chi connectivity index (χ2n) is 10.7. The fourth-order valence-corrected chi connectivity index (χ4v) is 3.94. The Kier molecular flexibility index (Phi) is 10.7. The Morgan fingerprint density at radius 2 is 1.64 bits per heavy atom. The molecule has 218 valence electrons. The number of carbonyl (C=O) groups excluding carboxylic acids is 2. The first-order valence-electron chi connectivity index (χ1n) is 11.9. The monoisotopic (exact) mass is 575 g/mol. The zero-order valence-corrected chi connectivity index (χ0v) is 23.8. The number of H-pyrrole nitrogens is 1. The first-order chi connectivity index (χ1) is 18.0. The van der Waals surface area contributed by atoms with Gasteiger partial charge in [0.25, 0.3) is 5.56 Å². The topological polar surface area (TPSA) is 210 Å². The van der Waals surface area contributed by atoms with Gasteiger partial charge < -0.3 is 14.2 Å². The number of hydrogen-bond donors (Lipinski definition) is 1. The van der Waals surface area contributed by atoms with Crippen molar-refractivity contribution in [2.75, 3.05) is 20.2 Å². The molecule has 2 rings (SSSR count). The van der Waals surface area contributed by atoms with Gasteiger partial charge in [-0.25, -0.2) is 18.4 Å². The highest BCUT2D eigenvalue weighted by molar-refractivity contribution is 7.48. The molecule has 1 aromatic heterocycles. The van der Waals surface area contributed by atoms with Crippen molar-refractivity contribution in [3.8, 4) is 0 Å². The number of aryl methyl sites for hydroxylation is 1. The van der Waals surface area contributed by atoms with Crippen LogP contribution in [0.25, 0.3) is 10.4 Å². The Labute approximate surface area is 224 Å². The van der Waals surface area contributed by atoms with E-state index in [-0.39, 0.29) is 12.0 Å². The lowest BCUT2D eigenvalue weighted by molar-refractivity contribution is -0.163. The van der Waals surface area contributed by atoms with Crippen LogP contribution in [-0.4, -0.2) is 53.8 Å². The van der Waals surface area contributed by atoms with E-state index in [0.29, 0.717) is 0 Å². The van der Waals surface area contributed by atoms with Crippen LogP contribution in [0.4, 0.5) is 0 Å². The van der Waals surface area contributed by atoms with Crippen LogP contribution in [0.2, 0.25) is 0 Å². The first kappa shape index (κ1) is 32.2. The van der Waals surface area contributed by atoms with Gasteiger partial charge in [-0.3, -0.25) is 28.5 Å². The minimum atomic E-state index is -4.54. The van der Waals surface area contributed by atoms with E-state index in [1.807, 2.05) is 0 Å². The summed E-state index contributed by atoms with van der Waals surface area (Å²) in [6.45, 7) is 8.99. The molecule has 39 heavy (non-hydrogen) atoms. The minimum absolute atomic E-state index is 0.0296. The van der Waals surface area contributed by atoms with Gasteiger partial charge in [-0.2, -0.15) is 0 Å². The number of aromatic nitrogens is 2. The molecule has 3 atom stereocenters. The highest BCUT2D eigenvalue weighted by Gasteiger charge is 2.39. The number of azide groups is 1. The van der Waals surface area contributed by atoms with Crippen LogP contribution in [0, 0.1) is 17.8 Å².